The number of halogens is 1. The van der Waals surface area contributed by atoms with Crippen molar-refractivity contribution in [2.24, 2.45) is 0 Å². The normalized spacial score (nSPS) is 10.7. The van der Waals surface area contributed by atoms with E-state index in [1.54, 1.807) is 10.9 Å². The van der Waals surface area contributed by atoms with E-state index in [-0.39, 0.29) is 0 Å². The lowest BCUT2D eigenvalue weighted by atomic mass is 10.2. The largest absolute Gasteiger partial charge is 0.370 e. The molecule has 0 aliphatic carbocycles. The highest BCUT2D eigenvalue weighted by Gasteiger charge is 2.13. The van der Waals surface area contributed by atoms with E-state index in [9.17, 15) is 0 Å². The Bertz CT molecular complexity index is 530. The maximum absolute atomic E-state index is 6.03. The van der Waals surface area contributed by atoms with Gasteiger partial charge in [0.2, 0.25) is 0 Å². The van der Waals surface area contributed by atoms with Crippen LogP contribution >= 0.6 is 11.6 Å². The van der Waals surface area contributed by atoms with E-state index in [1.807, 2.05) is 13.8 Å². The Kier molecular flexibility index (Phi) is 3.81. The molecule has 0 aromatic carbocycles. The molecule has 0 saturated heterocycles. The third-order valence-corrected chi connectivity index (χ3v) is 3.05. The molecule has 0 atom stereocenters. The summed E-state index contributed by atoms with van der Waals surface area (Å²) in [6.45, 7) is 6.80. The van der Waals surface area contributed by atoms with Crippen LogP contribution in [0.3, 0.4) is 0 Å². The quantitative estimate of drug-likeness (QED) is 0.923. The average molecular weight is 266 g/mol. The van der Waals surface area contributed by atoms with E-state index in [4.69, 9.17) is 11.6 Å². The number of nitrogens with zero attached hydrogens (tertiary/aromatic N) is 4. The van der Waals surface area contributed by atoms with Crippen LogP contribution in [0.5, 0.6) is 0 Å². The SMILES string of the molecule is CCNc1ncnc(-n2cc(Cl)c(C)n2)c1CC. The molecular formula is C12H16ClN5. The minimum absolute atomic E-state index is 0.640. The number of nitrogens with one attached hydrogen (secondary N) is 1. The van der Waals surface area contributed by atoms with Gasteiger partial charge in [0.25, 0.3) is 0 Å². The van der Waals surface area contributed by atoms with Crippen molar-refractivity contribution in [3.8, 4) is 5.82 Å². The van der Waals surface area contributed by atoms with E-state index in [0.717, 1.165) is 35.9 Å². The molecule has 18 heavy (non-hydrogen) atoms. The minimum Gasteiger partial charge on any atom is -0.370 e. The topological polar surface area (TPSA) is 55.6 Å². The van der Waals surface area contributed by atoms with Crippen LogP contribution < -0.4 is 5.32 Å². The second kappa shape index (κ2) is 5.35. The van der Waals surface area contributed by atoms with Crippen LogP contribution in [0, 0.1) is 6.92 Å². The number of hydrogen-bond acceptors (Lipinski definition) is 4. The van der Waals surface area contributed by atoms with Crippen molar-refractivity contribution < 1.29 is 0 Å². The maximum Gasteiger partial charge on any atom is 0.162 e. The van der Waals surface area contributed by atoms with Gasteiger partial charge in [-0.1, -0.05) is 18.5 Å². The first-order chi connectivity index (χ1) is 8.67. The van der Waals surface area contributed by atoms with Gasteiger partial charge < -0.3 is 5.32 Å². The Labute approximate surface area is 111 Å². The van der Waals surface area contributed by atoms with Gasteiger partial charge in [-0.05, 0) is 20.3 Å². The molecule has 1 N–H and O–H groups in total. The molecule has 2 rings (SSSR count). The van der Waals surface area contributed by atoms with Crippen LogP contribution in [0.2, 0.25) is 5.02 Å². The van der Waals surface area contributed by atoms with Gasteiger partial charge in [-0.25, -0.2) is 14.6 Å². The molecule has 2 aromatic rings. The summed E-state index contributed by atoms with van der Waals surface area (Å²) in [5.74, 6) is 1.63. The van der Waals surface area contributed by atoms with Crippen molar-refractivity contribution in [2.45, 2.75) is 27.2 Å². The van der Waals surface area contributed by atoms with Crippen molar-refractivity contribution in [1.29, 1.82) is 0 Å². The summed E-state index contributed by atoms with van der Waals surface area (Å²) in [5.41, 5.74) is 1.83. The standard InChI is InChI=1S/C12H16ClN5/c1-4-9-11(14-5-2)15-7-16-12(9)18-6-10(13)8(3)17-18/h6-7H,4-5H2,1-3H3,(H,14,15,16). The number of aryl methyl sites for hydroxylation is 1. The van der Waals surface area contributed by atoms with Gasteiger partial charge in [0.15, 0.2) is 5.82 Å². The van der Waals surface area contributed by atoms with E-state index < -0.39 is 0 Å². The predicted octanol–water partition coefficient (Wildman–Crippen LogP) is 2.62. The zero-order chi connectivity index (χ0) is 13.1. The van der Waals surface area contributed by atoms with E-state index in [0.29, 0.717) is 5.02 Å². The van der Waals surface area contributed by atoms with Crippen molar-refractivity contribution in [1.82, 2.24) is 19.7 Å². The third-order valence-electron chi connectivity index (χ3n) is 2.68. The van der Waals surface area contributed by atoms with Crippen LogP contribution in [-0.4, -0.2) is 26.3 Å². The summed E-state index contributed by atoms with van der Waals surface area (Å²) in [6.07, 6.45) is 4.14. The van der Waals surface area contributed by atoms with Crippen LogP contribution in [0.25, 0.3) is 5.82 Å². The molecule has 0 unspecified atom stereocenters. The molecule has 2 aromatic heterocycles. The number of aromatic nitrogens is 4. The van der Waals surface area contributed by atoms with E-state index >= 15 is 0 Å². The van der Waals surface area contributed by atoms with Gasteiger partial charge in [-0.2, -0.15) is 5.10 Å². The Morgan fingerprint density at radius 1 is 1.33 bits per heavy atom. The summed E-state index contributed by atoms with van der Waals surface area (Å²) >= 11 is 6.03. The highest BCUT2D eigenvalue weighted by molar-refractivity contribution is 6.31. The molecule has 0 spiro atoms. The monoisotopic (exact) mass is 265 g/mol. The molecule has 0 bridgehead atoms. The van der Waals surface area contributed by atoms with Crippen LogP contribution in [0.15, 0.2) is 12.5 Å². The second-order valence-corrected chi connectivity index (χ2v) is 4.32. The number of anilines is 1. The Morgan fingerprint density at radius 3 is 2.67 bits per heavy atom. The maximum atomic E-state index is 6.03. The molecule has 2 heterocycles. The molecule has 0 amide bonds. The van der Waals surface area contributed by atoms with E-state index in [1.165, 1.54) is 6.33 Å². The highest BCUT2D eigenvalue weighted by atomic mass is 35.5. The molecule has 96 valence electrons. The second-order valence-electron chi connectivity index (χ2n) is 3.92. The van der Waals surface area contributed by atoms with E-state index in [2.05, 4.69) is 27.3 Å². The van der Waals surface area contributed by atoms with Gasteiger partial charge in [0.1, 0.15) is 12.1 Å². The summed E-state index contributed by atoms with van der Waals surface area (Å²) in [6, 6.07) is 0. The molecule has 0 saturated carbocycles. The highest BCUT2D eigenvalue weighted by Crippen LogP contribution is 2.21. The molecule has 0 fully saturated rings. The van der Waals surface area contributed by atoms with Gasteiger partial charge in [0, 0.05) is 12.1 Å². The van der Waals surface area contributed by atoms with Crippen LogP contribution in [0.4, 0.5) is 5.82 Å². The molecule has 0 aliphatic rings. The van der Waals surface area contributed by atoms with Gasteiger partial charge in [-0.15, -0.1) is 0 Å². The van der Waals surface area contributed by atoms with Crippen molar-refractivity contribution in [2.75, 3.05) is 11.9 Å². The molecule has 6 heteroatoms. The Morgan fingerprint density at radius 2 is 2.11 bits per heavy atom. The molecule has 5 nitrogen and oxygen atoms in total. The Balaban J connectivity index is 2.53. The fourth-order valence-corrected chi connectivity index (χ4v) is 1.92. The van der Waals surface area contributed by atoms with Gasteiger partial charge in [-0.3, -0.25) is 0 Å². The van der Waals surface area contributed by atoms with Crippen molar-refractivity contribution >= 4 is 17.4 Å². The van der Waals surface area contributed by atoms with Gasteiger partial charge in [0.05, 0.1) is 16.9 Å². The predicted molar refractivity (Wildman–Crippen MR) is 72.4 cm³/mol. The number of hydrogen-bond donors (Lipinski definition) is 1. The summed E-state index contributed by atoms with van der Waals surface area (Å²) in [7, 11) is 0. The lowest BCUT2D eigenvalue weighted by Crippen LogP contribution is -2.09. The number of rotatable bonds is 4. The lowest BCUT2D eigenvalue weighted by molar-refractivity contribution is 0.807. The van der Waals surface area contributed by atoms with Crippen LogP contribution in [0.1, 0.15) is 25.1 Å². The third kappa shape index (κ3) is 2.31. The van der Waals surface area contributed by atoms with Crippen LogP contribution in [-0.2, 0) is 6.42 Å². The first-order valence-electron chi connectivity index (χ1n) is 5.97. The summed E-state index contributed by atoms with van der Waals surface area (Å²) < 4.78 is 1.71. The minimum atomic E-state index is 0.640. The van der Waals surface area contributed by atoms with Crippen molar-refractivity contribution in [3.05, 3.63) is 28.8 Å². The van der Waals surface area contributed by atoms with Gasteiger partial charge >= 0.3 is 0 Å². The molecular weight excluding hydrogens is 250 g/mol. The molecule has 0 aliphatic heterocycles. The average Bonchev–Trinajstić information content (AvgIpc) is 2.69. The lowest BCUT2D eigenvalue weighted by Gasteiger charge is -2.11. The molecule has 0 radical (unpaired) electrons. The smallest absolute Gasteiger partial charge is 0.162 e. The first-order valence-corrected chi connectivity index (χ1v) is 6.35. The Hall–Kier alpha value is -1.62. The first kappa shape index (κ1) is 12.8. The summed E-state index contributed by atoms with van der Waals surface area (Å²) in [5, 5.41) is 8.23. The fourth-order valence-electron chi connectivity index (χ4n) is 1.79. The zero-order valence-electron chi connectivity index (χ0n) is 10.7. The fraction of sp³-hybridized carbons (Fsp3) is 0.417. The zero-order valence-corrected chi connectivity index (χ0v) is 11.5. The summed E-state index contributed by atoms with van der Waals surface area (Å²) in [4.78, 5) is 8.57. The van der Waals surface area contributed by atoms with Crippen molar-refractivity contribution in [3.63, 3.8) is 0 Å².